The van der Waals surface area contributed by atoms with Crippen LogP contribution in [-0.2, 0) is 16.0 Å². The summed E-state index contributed by atoms with van der Waals surface area (Å²) in [4.78, 5) is 37.5. The van der Waals surface area contributed by atoms with Gasteiger partial charge < -0.3 is 10.4 Å². The molecule has 0 aromatic heterocycles. The van der Waals surface area contributed by atoms with Gasteiger partial charge in [-0.3, -0.25) is 9.59 Å². The van der Waals surface area contributed by atoms with Crippen molar-refractivity contribution in [1.29, 1.82) is 0 Å². The van der Waals surface area contributed by atoms with E-state index < -0.39 is 17.8 Å². The van der Waals surface area contributed by atoms with Gasteiger partial charge in [0.25, 0.3) is 11.8 Å². The van der Waals surface area contributed by atoms with Crippen molar-refractivity contribution in [3.05, 3.63) is 70.4 Å². The first kappa shape index (κ1) is 17.7. The topological polar surface area (TPSA) is 86.7 Å². The van der Waals surface area contributed by atoms with Crippen molar-refractivity contribution in [3.63, 3.8) is 0 Å². The van der Waals surface area contributed by atoms with Gasteiger partial charge in [0.1, 0.15) is 10.7 Å². The third kappa shape index (κ3) is 3.07. The van der Waals surface area contributed by atoms with E-state index in [2.05, 4.69) is 5.32 Å². The lowest BCUT2D eigenvalue weighted by Crippen LogP contribution is -2.33. The van der Waals surface area contributed by atoms with Crippen LogP contribution in [0.1, 0.15) is 22.8 Å². The number of hydrogen-bond donors (Lipinski definition) is 2. The quantitative estimate of drug-likeness (QED) is 0.788. The molecule has 2 aromatic carbocycles. The number of benzene rings is 2. The Morgan fingerprint density at radius 2 is 1.85 bits per heavy atom. The lowest BCUT2D eigenvalue weighted by atomic mass is 10.1. The summed E-state index contributed by atoms with van der Waals surface area (Å²) >= 11 is 6.10. The molecule has 0 fully saturated rings. The SMILES string of the molecule is CCc1ccccc1N1C(=O)C(Cl)=C(Nc2cccc(C(=O)O)c2)C1=O. The molecule has 0 bridgehead atoms. The van der Waals surface area contributed by atoms with Crippen LogP contribution in [0.2, 0.25) is 0 Å². The number of carbonyl (C=O) groups is 3. The van der Waals surface area contributed by atoms with Gasteiger partial charge in [0.2, 0.25) is 0 Å². The second-order valence-corrected chi connectivity index (χ2v) is 6.01. The minimum absolute atomic E-state index is 0.0525. The number of amides is 2. The third-order valence-electron chi connectivity index (χ3n) is 4.02. The van der Waals surface area contributed by atoms with Crippen molar-refractivity contribution < 1.29 is 19.5 Å². The fraction of sp³-hybridized carbons (Fsp3) is 0.105. The Morgan fingerprint density at radius 1 is 1.12 bits per heavy atom. The number of aryl methyl sites for hydroxylation is 1. The Kier molecular flexibility index (Phi) is 4.77. The highest BCUT2D eigenvalue weighted by molar-refractivity contribution is 6.53. The van der Waals surface area contributed by atoms with E-state index in [-0.39, 0.29) is 16.3 Å². The lowest BCUT2D eigenvalue weighted by molar-refractivity contribution is -0.120. The smallest absolute Gasteiger partial charge is 0.335 e. The van der Waals surface area contributed by atoms with Crippen molar-refractivity contribution >= 4 is 40.8 Å². The Labute approximate surface area is 154 Å². The van der Waals surface area contributed by atoms with Crippen molar-refractivity contribution in [1.82, 2.24) is 0 Å². The number of halogens is 1. The normalized spacial score (nSPS) is 14.2. The second-order valence-electron chi connectivity index (χ2n) is 5.63. The van der Waals surface area contributed by atoms with Crippen LogP contribution in [-0.4, -0.2) is 22.9 Å². The van der Waals surface area contributed by atoms with Crippen LogP contribution in [0.3, 0.4) is 0 Å². The first-order chi connectivity index (χ1) is 12.4. The van der Waals surface area contributed by atoms with Crippen LogP contribution >= 0.6 is 11.6 Å². The highest BCUT2D eigenvalue weighted by atomic mass is 35.5. The van der Waals surface area contributed by atoms with Crippen LogP contribution in [0.25, 0.3) is 0 Å². The third-order valence-corrected chi connectivity index (χ3v) is 4.37. The zero-order chi connectivity index (χ0) is 18.8. The van der Waals surface area contributed by atoms with Gasteiger partial charge in [-0.2, -0.15) is 0 Å². The monoisotopic (exact) mass is 370 g/mol. The molecule has 0 aliphatic carbocycles. The zero-order valence-electron chi connectivity index (χ0n) is 13.8. The summed E-state index contributed by atoms with van der Waals surface area (Å²) in [6.45, 7) is 1.93. The van der Waals surface area contributed by atoms with Gasteiger partial charge in [-0.15, -0.1) is 0 Å². The highest BCUT2D eigenvalue weighted by Gasteiger charge is 2.39. The van der Waals surface area contributed by atoms with E-state index in [1.165, 1.54) is 18.2 Å². The molecule has 1 aliphatic rings. The molecule has 6 nitrogen and oxygen atoms in total. The van der Waals surface area contributed by atoms with Gasteiger partial charge in [-0.05, 0) is 36.2 Å². The lowest BCUT2D eigenvalue weighted by Gasteiger charge is -2.18. The van der Waals surface area contributed by atoms with Gasteiger partial charge in [0, 0.05) is 5.69 Å². The van der Waals surface area contributed by atoms with Gasteiger partial charge in [0.15, 0.2) is 0 Å². The number of carbonyl (C=O) groups excluding carboxylic acids is 2. The number of aromatic carboxylic acids is 1. The van der Waals surface area contributed by atoms with E-state index in [9.17, 15) is 14.4 Å². The fourth-order valence-corrected chi connectivity index (χ4v) is 2.95. The van der Waals surface area contributed by atoms with Crippen LogP contribution in [0.15, 0.2) is 59.3 Å². The number of nitrogens with one attached hydrogen (secondary N) is 1. The van der Waals surface area contributed by atoms with Crippen molar-refractivity contribution in [2.24, 2.45) is 0 Å². The Bertz CT molecular complexity index is 952. The number of nitrogens with zero attached hydrogens (tertiary/aromatic N) is 1. The zero-order valence-corrected chi connectivity index (χ0v) is 14.6. The predicted molar refractivity (Wildman–Crippen MR) is 98.2 cm³/mol. The number of imide groups is 1. The maximum atomic E-state index is 12.8. The largest absolute Gasteiger partial charge is 0.478 e. The van der Waals surface area contributed by atoms with E-state index in [4.69, 9.17) is 16.7 Å². The minimum atomic E-state index is -1.10. The van der Waals surface area contributed by atoms with Crippen LogP contribution < -0.4 is 10.2 Å². The van der Waals surface area contributed by atoms with Crippen molar-refractivity contribution in [2.45, 2.75) is 13.3 Å². The van der Waals surface area contributed by atoms with Gasteiger partial charge >= 0.3 is 5.97 Å². The average Bonchev–Trinajstić information content (AvgIpc) is 2.85. The number of rotatable bonds is 5. The summed E-state index contributed by atoms with van der Waals surface area (Å²) in [5.41, 5.74) is 1.65. The molecular weight excluding hydrogens is 356 g/mol. The number of para-hydroxylation sites is 1. The maximum Gasteiger partial charge on any atom is 0.335 e. The Morgan fingerprint density at radius 3 is 2.54 bits per heavy atom. The Hall–Kier alpha value is -3.12. The molecule has 0 saturated carbocycles. The van der Waals surface area contributed by atoms with Gasteiger partial charge in [-0.25, -0.2) is 9.69 Å². The summed E-state index contributed by atoms with van der Waals surface area (Å²) in [7, 11) is 0. The van der Waals surface area contributed by atoms with Crippen LogP contribution in [0.4, 0.5) is 11.4 Å². The van der Waals surface area contributed by atoms with Crippen LogP contribution in [0, 0.1) is 0 Å². The molecule has 2 amide bonds. The van der Waals surface area contributed by atoms with E-state index >= 15 is 0 Å². The predicted octanol–water partition coefficient (Wildman–Crippen LogP) is 3.38. The summed E-state index contributed by atoms with van der Waals surface area (Å²) < 4.78 is 0. The van der Waals surface area contributed by atoms with Crippen LogP contribution in [0.5, 0.6) is 0 Å². The first-order valence-electron chi connectivity index (χ1n) is 7.91. The number of carboxylic acids is 1. The van der Waals surface area contributed by atoms with E-state index in [0.29, 0.717) is 17.8 Å². The van der Waals surface area contributed by atoms with E-state index in [1.807, 2.05) is 19.1 Å². The minimum Gasteiger partial charge on any atom is -0.478 e. The van der Waals surface area contributed by atoms with Crippen molar-refractivity contribution in [3.8, 4) is 0 Å². The molecule has 1 heterocycles. The molecule has 26 heavy (non-hydrogen) atoms. The molecule has 0 atom stereocenters. The molecule has 7 heteroatoms. The van der Waals surface area contributed by atoms with Gasteiger partial charge in [-0.1, -0.05) is 42.8 Å². The number of carboxylic acid groups (broad SMARTS) is 1. The second kappa shape index (κ2) is 7.01. The Balaban J connectivity index is 1.94. The summed E-state index contributed by atoms with van der Waals surface area (Å²) in [5, 5.41) is 11.6. The summed E-state index contributed by atoms with van der Waals surface area (Å²) in [6.07, 6.45) is 0.647. The number of hydrogen-bond acceptors (Lipinski definition) is 4. The molecule has 0 radical (unpaired) electrons. The fourth-order valence-electron chi connectivity index (χ4n) is 2.73. The van der Waals surface area contributed by atoms with Gasteiger partial charge in [0.05, 0.1) is 11.3 Å². The summed E-state index contributed by atoms with van der Waals surface area (Å²) in [6, 6.07) is 13.0. The average molecular weight is 371 g/mol. The molecule has 0 spiro atoms. The molecule has 3 rings (SSSR count). The number of anilines is 2. The molecular formula is C19H15ClN2O4. The molecule has 1 aliphatic heterocycles. The highest BCUT2D eigenvalue weighted by Crippen LogP contribution is 2.32. The maximum absolute atomic E-state index is 12.8. The van der Waals surface area contributed by atoms with E-state index in [0.717, 1.165) is 10.5 Å². The molecule has 132 valence electrons. The first-order valence-corrected chi connectivity index (χ1v) is 8.28. The molecule has 0 unspecified atom stereocenters. The standard InChI is InChI=1S/C19H15ClN2O4/c1-2-11-6-3-4-9-14(11)22-17(23)15(20)16(18(22)24)21-13-8-5-7-12(10-13)19(25)26/h3-10,21H,2H2,1H3,(H,25,26). The molecule has 2 N–H and O–H groups in total. The van der Waals surface area contributed by atoms with E-state index in [1.54, 1.807) is 18.2 Å². The molecule has 2 aromatic rings. The molecule has 0 saturated heterocycles. The summed E-state index contributed by atoms with van der Waals surface area (Å²) in [5.74, 6) is -2.29. The van der Waals surface area contributed by atoms with Crippen molar-refractivity contribution in [2.75, 3.05) is 10.2 Å².